The predicted octanol–water partition coefficient (Wildman–Crippen LogP) is 0.437. The van der Waals surface area contributed by atoms with Crippen molar-refractivity contribution < 1.29 is 18.7 Å². The van der Waals surface area contributed by atoms with Gasteiger partial charge in [0.2, 0.25) is 5.91 Å². The van der Waals surface area contributed by atoms with Crippen LogP contribution in [0.25, 0.3) is 0 Å². The topological polar surface area (TPSA) is 53.1 Å². The molecule has 2 aliphatic rings. The van der Waals surface area contributed by atoms with Crippen LogP contribution < -0.4 is 4.74 Å². The summed E-state index contributed by atoms with van der Waals surface area (Å²) < 4.78 is 18.6. The maximum Gasteiger partial charge on any atom is 0.260 e. The van der Waals surface area contributed by atoms with Gasteiger partial charge in [-0.25, -0.2) is 4.39 Å². The van der Waals surface area contributed by atoms with Crippen LogP contribution in [-0.4, -0.2) is 79.4 Å². The Morgan fingerprint density at radius 3 is 2.46 bits per heavy atom. The zero-order valence-electron chi connectivity index (χ0n) is 13.8. The van der Waals surface area contributed by atoms with Gasteiger partial charge in [0, 0.05) is 39.3 Å². The van der Waals surface area contributed by atoms with Crippen molar-refractivity contribution in [1.82, 2.24) is 14.7 Å². The van der Waals surface area contributed by atoms with E-state index < -0.39 is 5.82 Å². The molecular formula is C17H22FN3O3. The molecule has 0 N–H and O–H groups in total. The van der Waals surface area contributed by atoms with Gasteiger partial charge in [0.25, 0.3) is 5.91 Å². The molecule has 0 saturated carbocycles. The second-order valence-electron chi connectivity index (χ2n) is 6.34. The molecule has 2 saturated heterocycles. The summed E-state index contributed by atoms with van der Waals surface area (Å²) in [7, 11) is 2.04. The molecule has 0 spiro atoms. The number of likely N-dealkylation sites (N-methyl/N-ethyl adjacent to an activating group) is 1. The van der Waals surface area contributed by atoms with Gasteiger partial charge in [-0.1, -0.05) is 12.1 Å². The molecule has 3 rings (SSSR count). The summed E-state index contributed by atoms with van der Waals surface area (Å²) in [5, 5.41) is 0. The molecule has 0 unspecified atom stereocenters. The normalized spacial score (nSPS) is 19.1. The fourth-order valence-corrected chi connectivity index (χ4v) is 2.92. The highest BCUT2D eigenvalue weighted by Crippen LogP contribution is 2.20. The van der Waals surface area contributed by atoms with Gasteiger partial charge in [0.1, 0.15) is 0 Å². The van der Waals surface area contributed by atoms with Gasteiger partial charge >= 0.3 is 0 Å². The van der Waals surface area contributed by atoms with Gasteiger partial charge < -0.3 is 19.4 Å². The zero-order chi connectivity index (χ0) is 17.1. The van der Waals surface area contributed by atoms with Crippen LogP contribution in [0.3, 0.4) is 0 Å². The number of rotatable bonds is 4. The summed E-state index contributed by atoms with van der Waals surface area (Å²) in [5.74, 6) is -0.637. The van der Waals surface area contributed by atoms with Crippen LogP contribution in [0.5, 0.6) is 5.75 Å². The van der Waals surface area contributed by atoms with E-state index in [4.69, 9.17) is 4.74 Å². The fourth-order valence-electron chi connectivity index (χ4n) is 2.92. The Bertz CT molecular complexity index is 611. The second-order valence-corrected chi connectivity index (χ2v) is 6.34. The van der Waals surface area contributed by atoms with E-state index in [1.165, 1.54) is 12.1 Å². The van der Waals surface area contributed by atoms with E-state index in [9.17, 15) is 14.0 Å². The third kappa shape index (κ3) is 3.67. The van der Waals surface area contributed by atoms with E-state index >= 15 is 0 Å². The Kier molecular flexibility index (Phi) is 4.99. The first kappa shape index (κ1) is 16.7. The van der Waals surface area contributed by atoms with Gasteiger partial charge in [-0.15, -0.1) is 0 Å². The first-order valence-electron chi connectivity index (χ1n) is 8.17. The molecule has 24 heavy (non-hydrogen) atoms. The second kappa shape index (κ2) is 7.17. The maximum atomic E-state index is 13.4. The number of likely N-dealkylation sites (tertiary alicyclic amines) is 1. The molecule has 2 fully saturated rings. The number of piperazine rings is 1. The first-order valence-corrected chi connectivity index (χ1v) is 8.17. The molecule has 0 aromatic heterocycles. The van der Waals surface area contributed by atoms with E-state index in [2.05, 4.69) is 4.90 Å². The number of carbonyl (C=O) groups excluding carboxylic acids is 2. The van der Waals surface area contributed by atoms with Crippen molar-refractivity contribution in [2.24, 2.45) is 5.92 Å². The van der Waals surface area contributed by atoms with Gasteiger partial charge in [-0.05, 0) is 19.2 Å². The number of amides is 2. The summed E-state index contributed by atoms with van der Waals surface area (Å²) in [6.07, 6.45) is 0. The molecular weight excluding hydrogens is 313 g/mol. The molecule has 1 aromatic rings. The van der Waals surface area contributed by atoms with E-state index in [1.54, 1.807) is 17.0 Å². The highest BCUT2D eigenvalue weighted by atomic mass is 19.1. The number of halogens is 1. The average molecular weight is 335 g/mol. The lowest BCUT2D eigenvalue weighted by Crippen LogP contribution is -2.59. The largest absolute Gasteiger partial charge is 0.481 e. The third-order valence-electron chi connectivity index (χ3n) is 4.59. The van der Waals surface area contributed by atoms with Crippen molar-refractivity contribution in [3.05, 3.63) is 30.1 Å². The molecule has 2 aliphatic heterocycles. The summed E-state index contributed by atoms with van der Waals surface area (Å²) in [4.78, 5) is 30.1. The predicted molar refractivity (Wildman–Crippen MR) is 86.0 cm³/mol. The van der Waals surface area contributed by atoms with Gasteiger partial charge in [-0.3, -0.25) is 9.59 Å². The molecule has 2 amide bonds. The number of para-hydroxylation sites is 1. The van der Waals surface area contributed by atoms with Crippen molar-refractivity contribution in [2.75, 3.05) is 52.9 Å². The molecule has 7 heteroatoms. The van der Waals surface area contributed by atoms with Crippen molar-refractivity contribution in [2.45, 2.75) is 0 Å². The molecule has 0 aliphatic carbocycles. The number of hydrogen-bond donors (Lipinski definition) is 0. The highest BCUT2D eigenvalue weighted by molar-refractivity contribution is 5.85. The Morgan fingerprint density at radius 2 is 1.79 bits per heavy atom. The minimum absolute atomic E-state index is 0.0661. The van der Waals surface area contributed by atoms with E-state index in [-0.39, 0.29) is 30.1 Å². The van der Waals surface area contributed by atoms with Crippen LogP contribution in [0, 0.1) is 11.7 Å². The van der Waals surface area contributed by atoms with Crippen LogP contribution in [0.1, 0.15) is 0 Å². The van der Waals surface area contributed by atoms with Crippen LogP contribution in [0.15, 0.2) is 24.3 Å². The van der Waals surface area contributed by atoms with Crippen LogP contribution in [0.2, 0.25) is 0 Å². The fraction of sp³-hybridized carbons (Fsp3) is 0.529. The Morgan fingerprint density at radius 1 is 1.12 bits per heavy atom. The summed E-state index contributed by atoms with van der Waals surface area (Å²) in [6, 6.07) is 5.98. The lowest BCUT2D eigenvalue weighted by molar-refractivity contribution is -0.150. The van der Waals surface area contributed by atoms with Gasteiger partial charge in [0.05, 0.1) is 5.92 Å². The lowest BCUT2D eigenvalue weighted by atomic mass is 9.98. The minimum atomic E-state index is -0.489. The summed E-state index contributed by atoms with van der Waals surface area (Å²) in [6.45, 7) is 3.90. The Labute approximate surface area is 140 Å². The average Bonchev–Trinajstić information content (AvgIpc) is 2.53. The minimum Gasteiger partial charge on any atom is -0.481 e. The molecule has 2 heterocycles. The zero-order valence-corrected chi connectivity index (χ0v) is 13.8. The molecule has 130 valence electrons. The number of nitrogens with zero attached hydrogens (tertiary/aromatic N) is 3. The van der Waals surface area contributed by atoms with Gasteiger partial charge in [-0.2, -0.15) is 0 Å². The number of benzene rings is 1. The van der Waals surface area contributed by atoms with E-state index in [0.717, 1.165) is 26.2 Å². The lowest BCUT2D eigenvalue weighted by Gasteiger charge is -2.42. The molecule has 0 atom stereocenters. The van der Waals surface area contributed by atoms with Gasteiger partial charge in [0.15, 0.2) is 18.2 Å². The maximum absolute atomic E-state index is 13.4. The number of hydrogen-bond acceptors (Lipinski definition) is 4. The van der Waals surface area contributed by atoms with Crippen LogP contribution in [-0.2, 0) is 9.59 Å². The summed E-state index contributed by atoms with van der Waals surface area (Å²) in [5.41, 5.74) is 0. The smallest absolute Gasteiger partial charge is 0.260 e. The molecule has 0 bridgehead atoms. The number of carbonyl (C=O) groups is 2. The SMILES string of the molecule is CN1CCN(C(=O)C2CN(C(=O)COc3ccccc3F)C2)CC1. The number of ether oxygens (including phenoxy) is 1. The highest BCUT2D eigenvalue weighted by Gasteiger charge is 2.38. The molecule has 0 radical (unpaired) electrons. The van der Waals surface area contributed by atoms with Crippen molar-refractivity contribution in [3.63, 3.8) is 0 Å². The quantitative estimate of drug-likeness (QED) is 0.801. The summed E-state index contributed by atoms with van der Waals surface area (Å²) >= 11 is 0. The standard InChI is InChI=1S/C17H22FN3O3/c1-19-6-8-20(9-7-19)17(23)13-10-21(11-13)16(22)12-24-15-5-3-2-4-14(15)18/h2-5,13H,6-12H2,1H3. The third-order valence-corrected chi connectivity index (χ3v) is 4.59. The molecule has 1 aromatic carbocycles. The van der Waals surface area contributed by atoms with Crippen LogP contribution >= 0.6 is 0 Å². The molecule has 6 nitrogen and oxygen atoms in total. The van der Waals surface area contributed by atoms with E-state index in [0.29, 0.717) is 13.1 Å². The van der Waals surface area contributed by atoms with Crippen molar-refractivity contribution in [3.8, 4) is 5.75 Å². The first-order chi connectivity index (χ1) is 11.5. The van der Waals surface area contributed by atoms with Crippen molar-refractivity contribution >= 4 is 11.8 Å². The Hall–Kier alpha value is -2.15. The van der Waals surface area contributed by atoms with Crippen LogP contribution in [0.4, 0.5) is 4.39 Å². The van der Waals surface area contributed by atoms with Crippen molar-refractivity contribution in [1.29, 1.82) is 0 Å². The van der Waals surface area contributed by atoms with E-state index in [1.807, 2.05) is 11.9 Å². The monoisotopic (exact) mass is 335 g/mol. The Balaban J connectivity index is 1.42.